The van der Waals surface area contributed by atoms with Crippen LogP contribution in [-0.4, -0.2) is 23.7 Å². The number of halogens is 1. The predicted molar refractivity (Wildman–Crippen MR) is 132 cm³/mol. The molecular weight excluding hydrogens is 460 g/mol. The van der Waals surface area contributed by atoms with Crippen molar-refractivity contribution in [2.45, 2.75) is 6.92 Å². The molecule has 1 saturated heterocycles. The van der Waals surface area contributed by atoms with Gasteiger partial charge in [-0.25, -0.2) is 4.90 Å². The number of ether oxygens (including phenoxy) is 1. The first-order valence-electron chi connectivity index (χ1n) is 10.0. The number of hydrogen-bond donors (Lipinski definition) is 1. The fourth-order valence-electron chi connectivity index (χ4n) is 3.07. The number of hydrogen-bond acceptors (Lipinski definition) is 5. The summed E-state index contributed by atoms with van der Waals surface area (Å²) in [6, 6.07) is 20.9. The van der Waals surface area contributed by atoms with Gasteiger partial charge in [-0.2, -0.15) is 0 Å². The minimum Gasteiger partial charge on any atom is -0.484 e. The molecule has 3 amide bonds. The Labute approximate surface area is 200 Å². The lowest BCUT2D eigenvalue weighted by Gasteiger charge is -2.12. The zero-order valence-electron chi connectivity index (χ0n) is 17.6. The number of thioether (sulfide) groups is 1. The molecule has 6 nitrogen and oxygen atoms in total. The van der Waals surface area contributed by atoms with E-state index in [0.717, 1.165) is 27.8 Å². The van der Waals surface area contributed by atoms with E-state index in [4.69, 9.17) is 16.3 Å². The first-order chi connectivity index (χ1) is 15.9. The fraction of sp³-hybridized carbons (Fsp3) is 0.0800. The molecule has 1 aliphatic heterocycles. The van der Waals surface area contributed by atoms with Crippen molar-refractivity contribution in [3.05, 3.63) is 93.9 Å². The molecule has 0 aromatic heterocycles. The van der Waals surface area contributed by atoms with Crippen molar-refractivity contribution in [2.24, 2.45) is 0 Å². The van der Waals surface area contributed by atoms with Gasteiger partial charge < -0.3 is 10.1 Å². The van der Waals surface area contributed by atoms with Gasteiger partial charge in [0.1, 0.15) is 5.75 Å². The normalized spacial score (nSPS) is 14.6. The van der Waals surface area contributed by atoms with Gasteiger partial charge in [-0.15, -0.1) is 0 Å². The topological polar surface area (TPSA) is 75.7 Å². The fourth-order valence-corrected chi connectivity index (χ4v) is 4.04. The number of carbonyl (C=O) groups excluding carboxylic acids is 3. The second kappa shape index (κ2) is 9.94. The van der Waals surface area contributed by atoms with Gasteiger partial charge in [-0.3, -0.25) is 14.4 Å². The Kier molecular flexibility index (Phi) is 6.82. The van der Waals surface area contributed by atoms with Crippen molar-refractivity contribution in [2.75, 3.05) is 16.8 Å². The van der Waals surface area contributed by atoms with Crippen LogP contribution in [-0.2, 0) is 9.59 Å². The van der Waals surface area contributed by atoms with E-state index in [0.29, 0.717) is 27.1 Å². The third-order valence-corrected chi connectivity index (χ3v) is 5.88. The van der Waals surface area contributed by atoms with Crippen molar-refractivity contribution in [3.8, 4) is 5.75 Å². The summed E-state index contributed by atoms with van der Waals surface area (Å²) in [5.41, 5.74) is 3.02. The van der Waals surface area contributed by atoms with Crippen LogP contribution < -0.4 is 15.0 Å². The molecule has 0 saturated carbocycles. The molecule has 1 heterocycles. The van der Waals surface area contributed by atoms with Crippen LogP contribution >= 0.6 is 23.4 Å². The molecule has 0 radical (unpaired) electrons. The second-order valence-corrected chi connectivity index (χ2v) is 8.70. The van der Waals surface area contributed by atoms with E-state index >= 15 is 0 Å². The third-order valence-electron chi connectivity index (χ3n) is 4.76. The van der Waals surface area contributed by atoms with Gasteiger partial charge in [0.05, 0.1) is 10.6 Å². The molecule has 33 heavy (non-hydrogen) atoms. The van der Waals surface area contributed by atoms with Crippen molar-refractivity contribution in [3.63, 3.8) is 0 Å². The summed E-state index contributed by atoms with van der Waals surface area (Å²) in [4.78, 5) is 38.6. The van der Waals surface area contributed by atoms with E-state index in [1.807, 2.05) is 31.2 Å². The van der Waals surface area contributed by atoms with Crippen LogP contribution in [0.4, 0.5) is 16.2 Å². The third kappa shape index (κ3) is 5.63. The summed E-state index contributed by atoms with van der Waals surface area (Å²) >= 11 is 6.76. The van der Waals surface area contributed by atoms with Gasteiger partial charge in [0.25, 0.3) is 17.1 Å². The zero-order chi connectivity index (χ0) is 23.4. The molecule has 0 spiro atoms. The van der Waals surface area contributed by atoms with Crippen molar-refractivity contribution < 1.29 is 19.1 Å². The van der Waals surface area contributed by atoms with Crippen molar-refractivity contribution >= 4 is 57.9 Å². The minimum absolute atomic E-state index is 0.132. The summed E-state index contributed by atoms with van der Waals surface area (Å²) in [5, 5.41) is 2.93. The summed E-state index contributed by atoms with van der Waals surface area (Å²) in [6.45, 7) is 1.84. The number of anilines is 2. The lowest BCUT2D eigenvalue weighted by Crippen LogP contribution is -2.27. The highest BCUT2D eigenvalue weighted by Crippen LogP contribution is 2.36. The maximum absolute atomic E-state index is 12.7. The minimum atomic E-state index is -0.388. The molecule has 0 unspecified atom stereocenters. The molecule has 0 bridgehead atoms. The molecule has 1 aliphatic rings. The standard InChI is InChI=1S/C25H19ClN2O4S/c1-16-2-8-19(9-3-16)27-23(29)15-32-21-12-4-17(5-13-21)14-22-24(30)28(25(31)33-22)20-10-6-18(26)7-11-20/h2-14H,15H2,1H3,(H,27,29)/b22-14+. The van der Waals surface area contributed by atoms with E-state index < -0.39 is 0 Å². The monoisotopic (exact) mass is 478 g/mol. The maximum atomic E-state index is 12.7. The number of benzene rings is 3. The second-order valence-electron chi connectivity index (χ2n) is 7.27. The van der Waals surface area contributed by atoms with Crippen LogP contribution in [0, 0.1) is 6.92 Å². The Morgan fingerprint density at radius 1 is 1.00 bits per heavy atom. The van der Waals surface area contributed by atoms with Crippen LogP contribution in [0.25, 0.3) is 6.08 Å². The number of aryl methyl sites for hydroxylation is 1. The Morgan fingerprint density at radius 3 is 2.33 bits per heavy atom. The first kappa shape index (κ1) is 22.6. The highest BCUT2D eigenvalue weighted by molar-refractivity contribution is 8.19. The van der Waals surface area contributed by atoms with E-state index in [9.17, 15) is 14.4 Å². The quantitative estimate of drug-likeness (QED) is 0.446. The van der Waals surface area contributed by atoms with Crippen molar-refractivity contribution in [1.82, 2.24) is 0 Å². The summed E-state index contributed by atoms with van der Waals surface area (Å²) in [6.07, 6.45) is 1.65. The van der Waals surface area contributed by atoms with Crippen LogP contribution in [0.15, 0.2) is 77.7 Å². The molecule has 8 heteroatoms. The van der Waals surface area contributed by atoms with Gasteiger partial charge in [-0.1, -0.05) is 41.4 Å². The largest absolute Gasteiger partial charge is 0.484 e. The smallest absolute Gasteiger partial charge is 0.298 e. The maximum Gasteiger partial charge on any atom is 0.298 e. The summed E-state index contributed by atoms with van der Waals surface area (Å²) < 4.78 is 5.53. The molecular formula is C25H19ClN2O4S. The molecule has 3 aromatic carbocycles. The van der Waals surface area contributed by atoms with Crippen LogP contribution in [0.5, 0.6) is 5.75 Å². The number of nitrogens with one attached hydrogen (secondary N) is 1. The Bertz CT molecular complexity index is 1220. The number of amides is 3. The summed E-state index contributed by atoms with van der Waals surface area (Å²) in [5.74, 6) is -0.139. The average Bonchev–Trinajstić information content (AvgIpc) is 3.08. The van der Waals surface area contributed by atoms with E-state index in [1.165, 1.54) is 0 Å². The van der Waals surface area contributed by atoms with Gasteiger partial charge in [0.15, 0.2) is 6.61 Å². The van der Waals surface area contributed by atoms with E-state index in [1.54, 1.807) is 54.6 Å². The van der Waals surface area contributed by atoms with E-state index in [-0.39, 0.29) is 23.7 Å². The number of imide groups is 1. The number of rotatable bonds is 6. The molecule has 1 fully saturated rings. The van der Waals surface area contributed by atoms with E-state index in [2.05, 4.69) is 5.32 Å². The molecule has 166 valence electrons. The number of carbonyl (C=O) groups is 3. The van der Waals surface area contributed by atoms with Gasteiger partial charge in [0.2, 0.25) is 0 Å². The van der Waals surface area contributed by atoms with Gasteiger partial charge in [-0.05, 0) is 78.9 Å². The first-order valence-corrected chi connectivity index (χ1v) is 11.2. The van der Waals surface area contributed by atoms with Gasteiger partial charge in [0, 0.05) is 10.7 Å². The molecule has 0 aliphatic carbocycles. The SMILES string of the molecule is Cc1ccc(NC(=O)COc2ccc(/C=C3/SC(=O)N(c4ccc(Cl)cc4)C3=O)cc2)cc1. The Morgan fingerprint density at radius 2 is 1.67 bits per heavy atom. The Hall–Kier alpha value is -3.55. The highest BCUT2D eigenvalue weighted by Gasteiger charge is 2.36. The highest BCUT2D eigenvalue weighted by atomic mass is 35.5. The van der Waals surface area contributed by atoms with Gasteiger partial charge >= 0.3 is 0 Å². The van der Waals surface area contributed by atoms with Crippen LogP contribution in [0.3, 0.4) is 0 Å². The lowest BCUT2D eigenvalue weighted by molar-refractivity contribution is -0.118. The molecule has 0 atom stereocenters. The predicted octanol–water partition coefficient (Wildman–Crippen LogP) is 5.91. The Balaban J connectivity index is 1.36. The molecule has 4 rings (SSSR count). The molecule has 1 N–H and O–H groups in total. The van der Waals surface area contributed by atoms with Crippen molar-refractivity contribution in [1.29, 1.82) is 0 Å². The van der Waals surface area contributed by atoms with Crippen LogP contribution in [0.1, 0.15) is 11.1 Å². The summed E-state index contributed by atoms with van der Waals surface area (Å²) in [7, 11) is 0. The molecule has 3 aromatic rings. The number of nitrogens with zero attached hydrogens (tertiary/aromatic N) is 1. The van der Waals surface area contributed by atoms with Crippen LogP contribution in [0.2, 0.25) is 5.02 Å². The average molecular weight is 479 g/mol. The zero-order valence-corrected chi connectivity index (χ0v) is 19.2. The lowest BCUT2D eigenvalue weighted by atomic mass is 10.2.